The van der Waals surface area contributed by atoms with Crippen molar-refractivity contribution in [1.82, 2.24) is 9.62 Å². The number of nitrogens with one attached hydrogen (secondary N) is 2. The van der Waals surface area contributed by atoms with Crippen molar-refractivity contribution in [2.75, 3.05) is 5.32 Å². The molecule has 0 aliphatic carbocycles. The van der Waals surface area contributed by atoms with Crippen molar-refractivity contribution in [3.8, 4) is 0 Å². The minimum Gasteiger partial charge on any atom is -0.444 e. The molecule has 4 atom stereocenters. The van der Waals surface area contributed by atoms with Crippen molar-refractivity contribution in [3.63, 3.8) is 0 Å². The number of halogens is 1. The first-order valence-corrected chi connectivity index (χ1v) is 15.6. The third-order valence-electron chi connectivity index (χ3n) is 7.20. The predicted octanol–water partition coefficient (Wildman–Crippen LogP) is 5.18. The lowest BCUT2D eigenvalue weighted by Gasteiger charge is -2.35. The number of benzene rings is 3. The molecule has 0 unspecified atom stereocenters. The topological polar surface area (TPSA) is 125 Å². The Kier molecular flexibility index (Phi) is 9.89. The van der Waals surface area contributed by atoms with Crippen LogP contribution in [0.1, 0.15) is 57.8 Å². The minimum absolute atomic E-state index is 0.149. The average Bonchev–Trinajstić information content (AvgIpc) is 3.37. The van der Waals surface area contributed by atoms with Gasteiger partial charge in [0.2, 0.25) is 15.9 Å². The molecular formula is C32H38FN3O6S. The number of carbonyl (C=O) groups is 2. The summed E-state index contributed by atoms with van der Waals surface area (Å²) in [5.74, 6) is -1.13. The molecule has 0 radical (unpaired) electrons. The molecule has 230 valence electrons. The molecule has 4 rings (SSSR count). The highest BCUT2D eigenvalue weighted by Gasteiger charge is 2.42. The van der Waals surface area contributed by atoms with Gasteiger partial charge in [-0.2, -0.15) is 4.72 Å². The lowest BCUT2D eigenvalue weighted by Crippen LogP contribution is -2.47. The second kappa shape index (κ2) is 13.2. The number of aliphatic hydroxyl groups excluding tert-OH is 1. The quantitative estimate of drug-likeness (QED) is 0.307. The highest BCUT2D eigenvalue weighted by Crippen LogP contribution is 2.36. The van der Waals surface area contributed by atoms with E-state index in [1.165, 1.54) is 6.92 Å². The summed E-state index contributed by atoms with van der Waals surface area (Å²) in [6.45, 7) is 6.83. The van der Waals surface area contributed by atoms with E-state index in [1.807, 2.05) is 42.5 Å². The maximum atomic E-state index is 13.3. The second-order valence-electron chi connectivity index (χ2n) is 11.7. The number of ether oxygens (including phenoxy) is 1. The van der Waals surface area contributed by atoms with Crippen LogP contribution < -0.4 is 10.0 Å². The zero-order valence-corrected chi connectivity index (χ0v) is 25.5. The molecule has 3 aromatic carbocycles. The maximum Gasteiger partial charge on any atom is 0.410 e. The molecule has 1 aliphatic heterocycles. The number of likely N-dealkylation sites (tertiary alicyclic amines) is 1. The Bertz CT molecular complexity index is 1510. The third kappa shape index (κ3) is 8.40. The monoisotopic (exact) mass is 611 g/mol. The van der Waals surface area contributed by atoms with Gasteiger partial charge in [-0.3, -0.25) is 9.69 Å². The molecule has 1 saturated heterocycles. The van der Waals surface area contributed by atoms with Gasteiger partial charge in [-0.15, -0.1) is 0 Å². The third-order valence-corrected chi connectivity index (χ3v) is 8.75. The summed E-state index contributed by atoms with van der Waals surface area (Å²) in [5.41, 5.74) is 1.42. The first kappa shape index (κ1) is 32.1. The van der Waals surface area contributed by atoms with E-state index in [4.69, 9.17) is 4.74 Å². The summed E-state index contributed by atoms with van der Waals surface area (Å²) >= 11 is 0. The molecule has 1 aliphatic rings. The SMILES string of the molecule is C[C@H](NS(=O)(=O)c1ccc(F)cc1)C(=O)Nc1ccc(C[C@@H]2CC[C@H]([C@H](O)c3ccccc3)N2C(=O)OC(C)(C)C)cc1. The fourth-order valence-corrected chi connectivity index (χ4v) is 6.31. The largest absolute Gasteiger partial charge is 0.444 e. The Balaban J connectivity index is 1.42. The van der Waals surface area contributed by atoms with Crippen LogP contribution in [0.25, 0.3) is 0 Å². The molecule has 0 spiro atoms. The van der Waals surface area contributed by atoms with Crippen molar-refractivity contribution in [2.24, 2.45) is 0 Å². The van der Waals surface area contributed by atoms with Gasteiger partial charge in [0, 0.05) is 11.7 Å². The Morgan fingerprint density at radius 1 is 1.00 bits per heavy atom. The molecular weight excluding hydrogens is 573 g/mol. The van der Waals surface area contributed by atoms with Crippen LogP contribution in [0.5, 0.6) is 0 Å². The van der Waals surface area contributed by atoms with Crippen LogP contribution in [0.15, 0.2) is 83.8 Å². The van der Waals surface area contributed by atoms with E-state index < -0.39 is 51.6 Å². The number of anilines is 1. The number of hydrogen-bond donors (Lipinski definition) is 3. The summed E-state index contributed by atoms with van der Waals surface area (Å²) in [6.07, 6.45) is 0.465. The first-order valence-electron chi connectivity index (χ1n) is 14.2. The molecule has 0 saturated carbocycles. The smallest absolute Gasteiger partial charge is 0.410 e. The fourth-order valence-electron chi connectivity index (χ4n) is 5.11. The van der Waals surface area contributed by atoms with Gasteiger partial charge < -0.3 is 15.2 Å². The molecule has 0 bridgehead atoms. The molecule has 1 heterocycles. The second-order valence-corrected chi connectivity index (χ2v) is 13.4. The number of nitrogens with zero attached hydrogens (tertiary/aromatic N) is 1. The van der Waals surface area contributed by atoms with E-state index in [2.05, 4.69) is 10.0 Å². The van der Waals surface area contributed by atoms with E-state index in [0.717, 1.165) is 35.4 Å². The number of hydrogen-bond acceptors (Lipinski definition) is 6. The molecule has 43 heavy (non-hydrogen) atoms. The highest BCUT2D eigenvalue weighted by molar-refractivity contribution is 7.89. The Morgan fingerprint density at radius 3 is 2.23 bits per heavy atom. The normalized spacial score (nSPS) is 18.6. The van der Waals surface area contributed by atoms with E-state index in [0.29, 0.717) is 24.9 Å². The fraction of sp³-hybridized carbons (Fsp3) is 0.375. The molecule has 2 amide bonds. The average molecular weight is 612 g/mol. The Labute approximate surface area is 252 Å². The molecule has 1 fully saturated rings. The number of carbonyl (C=O) groups excluding carboxylic acids is 2. The van der Waals surface area contributed by atoms with E-state index in [1.54, 1.807) is 37.8 Å². The van der Waals surface area contributed by atoms with Crippen LogP contribution in [-0.2, 0) is 26.0 Å². The van der Waals surface area contributed by atoms with Crippen LogP contribution in [-0.4, -0.2) is 54.2 Å². The van der Waals surface area contributed by atoms with Crippen molar-refractivity contribution in [3.05, 3.63) is 95.8 Å². The lowest BCUT2D eigenvalue weighted by atomic mass is 10.0. The van der Waals surface area contributed by atoms with Crippen LogP contribution in [0.4, 0.5) is 14.9 Å². The zero-order chi connectivity index (χ0) is 31.4. The number of aliphatic hydroxyl groups is 1. The number of amides is 2. The van der Waals surface area contributed by atoms with Crippen molar-refractivity contribution >= 4 is 27.7 Å². The molecule has 0 aromatic heterocycles. The Hall–Kier alpha value is -3.80. The van der Waals surface area contributed by atoms with Gasteiger partial charge in [-0.25, -0.2) is 17.6 Å². The van der Waals surface area contributed by atoms with Gasteiger partial charge in [0.1, 0.15) is 11.4 Å². The van der Waals surface area contributed by atoms with Gasteiger partial charge in [-0.05, 0) is 94.5 Å². The molecule has 3 aromatic rings. The minimum atomic E-state index is -4.02. The van der Waals surface area contributed by atoms with Crippen LogP contribution in [0.2, 0.25) is 0 Å². The maximum absolute atomic E-state index is 13.3. The van der Waals surface area contributed by atoms with E-state index in [-0.39, 0.29) is 10.9 Å². The summed E-state index contributed by atoms with van der Waals surface area (Å²) in [5, 5.41) is 13.9. The standard InChI is InChI=1S/C32H38FN3O6S/c1-21(35-43(40,41)27-17-12-24(33)13-18-27)30(38)34-25-14-10-22(11-15-25)20-26-16-19-28(29(37)23-8-6-5-7-9-23)36(26)31(39)42-32(2,3)4/h5-15,17-18,21,26,28-29,35,37H,16,19-20H2,1-4H3,(H,34,38)/t21-,26-,28+,29+/m0/s1. The molecule has 3 N–H and O–H groups in total. The van der Waals surface area contributed by atoms with Gasteiger partial charge in [0.25, 0.3) is 0 Å². The first-order chi connectivity index (χ1) is 20.2. The molecule has 9 nitrogen and oxygen atoms in total. The summed E-state index contributed by atoms with van der Waals surface area (Å²) in [6, 6.07) is 18.9. The summed E-state index contributed by atoms with van der Waals surface area (Å²) < 4.78 is 46.3. The van der Waals surface area contributed by atoms with Gasteiger partial charge >= 0.3 is 6.09 Å². The highest BCUT2D eigenvalue weighted by atomic mass is 32.2. The van der Waals surface area contributed by atoms with Crippen molar-refractivity contribution in [2.45, 2.75) is 81.7 Å². The van der Waals surface area contributed by atoms with Gasteiger partial charge in [-0.1, -0.05) is 42.5 Å². The zero-order valence-electron chi connectivity index (χ0n) is 24.7. The van der Waals surface area contributed by atoms with Gasteiger partial charge in [0.15, 0.2) is 0 Å². The summed E-state index contributed by atoms with van der Waals surface area (Å²) in [4.78, 5) is 27.6. The number of sulfonamides is 1. The predicted molar refractivity (Wildman–Crippen MR) is 161 cm³/mol. The Morgan fingerprint density at radius 2 is 1.63 bits per heavy atom. The summed E-state index contributed by atoms with van der Waals surface area (Å²) in [7, 11) is -4.02. The van der Waals surface area contributed by atoms with E-state index in [9.17, 15) is 27.5 Å². The van der Waals surface area contributed by atoms with Crippen molar-refractivity contribution < 1.29 is 32.2 Å². The van der Waals surface area contributed by atoms with E-state index >= 15 is 0 Å². The van der Waals surface area contributed by atoms with Crippen LogP contribution >= 0.6 is 0 Å². The van der Waals surface area contributed by atoms with Crippen LogP contribution in [0, 0.1) is 5.82 Å². The van der Waals surface area contributed by atoms with Crippen LogP contribution in [0.3, 0.4) is 0 Å². The van der Waals surface area contributed by atoms with Crippen molar-refractivity contribution in [1.29, 1.82) is 0 Å². The number of rotatable bonds is 9. The van der Waals surface area contributed by atoms with Gasteiger partial charge in [0.05, 0.1) is 23.1 Å². The lowest BCUT2D eigenvalue weighted by molar-refractivity contribution is -0.117. The molecule has 11 heteroatoms.